The molecule has 0 spiro atoms. The minimum Gasteiger partial charge on any atom is -0.497 e. The molecule has 0 aliphatic carbocycles. The lowest BCUT2D eigenvalue weighted by molar-refractivity contribution is -0.311. The summed E-state index contributed by atoms with van der Waals surface area (Å²) in [6.07, 6.45) is -1.65. The van der Waals surface area contributed by atoms with Gasteiger partial charge < -0.3 is 63.7 Å². The van der Waals surface area contributed by atoms with Crippen LogP contribution in [0.5, 0.6) is 5.75 Å². The van der Waals surface area contributed by atoms with Gasteiger partial charge in [0.05, 0.1) is 19.8 Å². The van der Waals surface area contributed by atoms with Crippen molar-refractivity contribution in [3.05, 3.63) is 60.2 Å². The molecule has 6 rings (SSSR count). The number of thioether (sulfide) groups is 1. The Kier molecular flexibility index (Phi) is 16.7. The Morgan fingerprint density at radius 3 is 2.26 bits per heavy atom. The van der Waals surface area contributed by atoms with E-state index in [0.717, 1.165) is 29.1 Å². The number of methoxy groups -OCH3 is 1. The van der Waals surface area contributed by atoms with E-state index in [2.05, 4.69) is 16.0 Å². The van der Waals surface area contributed by atoms with Gasteiger partial charge in [-0.05, 0) is 78.1 Å². The molecule has 0 bridgehead atoms. The fraction of sp³-hybridized carbons (Fsp3) is 0.659. The van der Waals surface area contributed by atoms with Crippen molar-refractivity contribution in [1.82, 2.24) is 16.0 Å². The van der Waals surface area contributed by atoms with Gasteiger partial charge in [0.1, 0.15) is 53.4 Å². The molecule has 4 fully saturated rings. The summed E-state index contributed by atoms with van der Waals surface area (Å²) in [5.74, 6) is -0.382. The maximum atomic E-state index is 13.8. The molecule has 4 aliphatic heterocycles. The minimum atomic E-state index is -1.10. The molecule has 16 nitrogen and oxygen atoms in total. The highest BCUT2D eigenvalue weighted by atomic mass is 32.2. The number of rotatable bonds is 19. The second-order valence-corrected chi connectivity index (χ2v) is 18.2. The molecule has 3 amide bonds. The highest BCUT2D eigenvalue weighted by Gasteiger charge is 2.55. The number of amides is 3. The molecule has 0 aromatic heterocycles. The number of alkyl carbamates (subject to hydrolysis) is 1. The summed E-state index contributed by atoms with van der Waals surface area (Å²) in [7, 11) is 1.61. The molecule has 0 saturated carbocycles. The molecule has 17 heteroatoms. The van der Waals surface area contributed by atoms with Crippen LogP contribution in [0.3, 0.4) is 0 Å². The largest absolute Gasteiger partial charge is 0.497 e. The number of ether oxygens (including phenoxy) is 9. The summed E-state index contributed by atoms with van der Waals surface area (Å²) >= 11 is 1.47. The fourth-order valence-electron chi connectivity index (χ4n) is 7.70. The summed E-state index contributed by atoms with van der Waals surface area (Å²) in [4.78, 5) is 39.6. The monoisotopic (exact) mass is 873 g/mol. The molecule has 2 aromatic rings. The number of benzene rings is 2. The smallest absolute Gasteiger partial charge is 0.407 e. The number of carbonyl (C=O) groups excluding carboxylic acids is 3. The molecule has 4 N–H and O–H groups in total. The van der Waals surface area contributed by atoms with Gasteiger partial charge >= 0.3 is 6.09 Å². The first-order valence-electron chi connectivity index (χ1n) is 21.3. The Hall–Kier alpha value is -3.52. The van der Waals surface area contributed by atoms with E-state index < -0.39 is 78.2 Å². The van der Waals surface area contributed by atoms with Crippen molar-refractivity contribution in [3.8, 4) is 5.75 Å². The van der Waals surface area contributed by atoms with Crippen LogP contribution in [0.25, 0.3) is 0 Å². The van der Waals surface area contributed by atoms with Crippen LogP contribution < -0.4 is 20.7 Å². The molecule has 0 radical (unpaired) electrons. The molecule has 338 valence electrons. The van der Waals surface area contributed by atoms with Crippen LogP contribution in [-0.4, -0.2) is 122 Å². The van der Waals surface area contributed by atoms with Crippen molar-refractivity contribution in [2.24, 2.45) is 0 Å². The van der Waals surface area contributed by atoms with Crippen LogP contribution in [0.1, 0.15) is 91.4 Å². The lowest BCUT2D eigenvalue weighted by atomic mass is 9.96. The van der Waals surface area contributed by atoms with Gasteiger partial charge in [-0.15, -0.1) is 0 Å². The van der Waals surface area contributed by atoms with Crippen molar-refractivity contribution in [2.45, 2.75) is 157 Å². The summed E-state index contributed by atoms with van der Waals surface area (Å²) in [6.45, 7) is 10.0. The average molecular weight is 874 g/mol. The highest BCUT2D eigenvalue weighted by molar-refractivity contribution is 7.99. The number of nitrogens with one attached hydrogen (secondary N) is 3. The molecular formula is C44H63N3O13S. The molecular weight excluding hydrogens is 811 g/mol. The number of unbranched alkanes of at least 4 members (excludes halogenated alkanes) is 3. The Morgan fingerprint density at radius 2 is 1.56 bits per heavy atom. The van der Waals surface area contributed by atoms with Gasteiger partial charge in [-0.1, -0.05) is 54.9 Å². The number of carbonyl (C=O) groups is 3. The van der Waals surface area contributed by atoms with Gasteiger partial charge in [0, 0.05) is 43.0 Å². The molecule has 61 heavy (non-hydrogen) atoms. The van der Waals surface area contributed by atoms with Crippen molar-refractivity contribution < 1.29 is 62.1 Å². The molecule has 2 aromatic carbocycles. The molecule has 5 unspecified atom stereocenters. The number of aliphatic hydroxyl groups excluding tert-OH is 1. The number of hydrogen-bond donors (Lipinski definition) is 4. The molecule has 10 atom stereocenters. The van der Waals surface area contributed by atoms with Crippen LogP contribution in [-0.2, 0) is 47.5 Å². The maximum absolute atomic E-state index is 13.8. The second-order valence-electron chi connectivity index (χ2n) is 17.1. The quantitative estimate of drug-likeness (QED) is 0.136. The summed E-state index contributed by atoms with van der Waals surface area (Å²) in [6, 6.07) is 16.7. The van der Waals surface area contributed by atoms with E-state index in [0.29, 0.717) is 32.2 Å². The van der Waals surface area contributed by atoms with Crippen molar-refractivity contribution in [2.75, 3.05) is 33.4 Å². The summed E-state index contributed by atoms with van der Waals surface area (Å²) < 4.78 is 54.0. The van der Waals surface area contributed by atoms with E-state index in [1.807, 2.05) is 75.4 Å². The van der Waals surface area contributed by atoms with E-state index in [4.69, 9.17) is 42.6 Å². The zero-order chi connectivity index (χ0) is 43.6. The third kappa shape index (κ3) is 13.7. The lowest BCUT2D eigenvalue weighted by Crippen LogP contribution is -2.66. The molecule has 4 saturated heterocycles. The third-order valence-electron chi connectivity index (χ3n) is 10.5. The number of hydrogen-bond acceptors (Lipinski definition) is 14. The van der Waals surface area contributed by atoms with Crippen LogP contribution in [0.4, 0.5) is 4.79 Å². The van der Waals surface area contributed by atoms with Crippen LogP contribution in [0.2, 0.25) is 0 Å². The normalized spacial score (nSPS) is 29.2. The van der Waals surface area contributed by atoms with E-state index >= 15 is 0 Å². The second kappa shape index (κ2) is 21.7. The Morgan fingerprint density at radius 1 is 0.852 bits per heavy atom. The first-order valence-corrected chi connectivity index (χ1v) is 22.2. The van der Waals surface area contributed by atoms with E-state index in [1.165, 1.54) is 11.8 Å². The van der Waals surface area contributed by atoms with Gasteiger partial charge in [-0.2, -0.15) is 0 Å². The maximum Gasteiger partial charge on any atom is 0.407 e. The zero-order valence-electron chi connectivity index (χ0n) is 36.0. The van der Waals surface area contributed by atoms with Gasteiger partial charge in [0.25, 0.3) is 0 Å². The summed E-state index contributed by atoms with van der Waals surface area (Å²) in [5, 5.41) is 19.1. The third-order valence-corrected chi connectivity index (χ3v) is 11.7. The van der Waals surface area contributed by atoms with E-state index in [-0.39, 0.29) is 38.0 Å². The van der Waals surface area contributed by atoms with Crippen LogP contribution in [0, 0.1) is 0 Å². The fourth-order valence-corrected chi connectivity index (χ4v) is 8.83. The first kappa shape index (κ1) is 47.0. The Labute approximate surface area is 362 Å². The van der Waals surface area contributed by atoms with Gasteiger partial charge in [-0.3, -0.25) is 9.59 Å². The van der Waals surface area contributed by atoms with Crippen LogP contribution in [0.15, 0.2) is 59.5 Å². The van der Waals surface area contributed by atoms with Gasteiger partial charge in [-0.25, -0.2) is 4.79 Å². The Balaban J connectivity index is 1.04. The molecule has 4 heterocycles. The Bertz CT molecular complexity index is 1710. The predicted molar refractivity (Wildman–Crippen MR) is 223 cm³/mol. The topological polar surface area (TPSA) is 191 Å². The standard InChI is InChI=1S/C44H63N3O13S/c1-43(2,3)60-42(51)45-23-14-24-53-37-34(47-33(49)18-13-8-7-12-17-32(48)46-25-30-36-38(39(50)55-30)59-44(4,5)58-36)41(61-29-21-19-28(52-6)20-22-29)56-31-26-54-40(57-35(31)37)27-15-10-9-11-16-27/h9-11,15-16,19-22,30-31,34-41,50H,7-8,12-14,17-18,23-26H2,1-6H3,(H,45,51)(H,46,48)(H,47,49)/t30-,31?,34?,35+,36-,37-,38?,39?,40?,41+/m1/s1. The van der Waals surface area contributed by atoms with Crippen molar-refractivity contribution in [3.63, 3.8) is 0 Å². The molecule has 4 aliphatic rings. The minimum absolute atomic E-state index is 0.120. The predicted octanol–water partition coefficient (Wildman–Crippen LogP) is 5.11. The van der Waals surface area contributed by atoms with Crippen molar-refractivity contribution in [1.29, 1.82) is 0 Å². The zero-order valence-corrected chi connectivity index (χ0v) is 36.8. The van der Waals surface area contributed by atoms with Crippen molar-refractivity contribution >= 4 is 29.7 Å². The number of fused-ring (bicyclic) bond motifs is 2. The van der Waals surface area contributed by atoms with Gasteiger partial charge in [0.15, 0.2) is 18.4 Å². The summed E-state index contributed by atoms with van der Waals surface area (Å²) in [5.41, 5.74) is -0.327. The number of aliphatic hydroxyl groups is 1. The first-order chi connectivity index (χ1) is 29.2. The average Bonchev–Trinajstić information content (AvgIpc) is 3.70. The van der Waals surface area contributed by atoms with E-state index in [1.54, 1.807) is 21.0 Å². The highest BCUT2D eigenvalue weighted by Crippen LogP contribution is 2.41. The van der Waals surface area contributed by atoms with E-state index in [9.17, 15) is 19.5 Å². The lowest BCUT2D eigenvalue weighted by Gasteiger charge is -2.49. The SMILES string of the molecule is COc1ccc(S[C@@H]2OC3COC(c4ccccc4)O[C@@H]3[C@H](OCCCNC(=O)OC(C)(C)C)C2NC(=O)CCCCCCC(=O)NC[C@H]2OC(O)C3OC(C)(C)O[C@@H]32)cc1. The van der Waals surface area contributed by atoms with Crippen LogP contribution >= 0.6 is 11.8 Å². The van der Waals surface area contributed by atoms with Gasteiger partial charge in [0.2, 0.25) is 11.8 Å².